The molecule has 0 heterocycles. The highest BCUT2D eigenvalue weighted by Crippen LogP contribution is 2.31. The molecule has 4 heteroatoms. The molecule has 0 aliphatic heterocycles. The number of ether oxygens (including phenoxy) is 2. The van der Waals surface area contributed by atoms with Gasteiger partial charge in [-0.2, -0.15) is 0 Å². The summed E-state index contributed by atoms with van der Waals surface area (Å²) in [5.74, 6) is 2.95. The van der Waals surface area contributed by atoms with Crippen LogP contribution in [0.4, 0.5) is 0 Å². The van der Waals surface area contributed by atoms with Crippen molar-refractivity contribution in [2.75, 3.05) is 13.2 Å². The van der Waals surface area contributed by atoms with Gasteiger partial charge in [0.25, 0.3) is 10.9 Å². The molecular weight excluding hydrogens is 304 g/mol. The molecule has 2 aliphatic rings. The highest BCUT2D eigenvalue weighted by Gasteiger charge is 2.28. The second-order valence-corrected chi connectivity index (χ2v) is 8.19. The van der Waals surface area contributed by atoms with Crippen LogP contribution in [0.25, 0.3) is 0 Å². The normalized spacial score (nSPS) is 31.1. The van der Waals surface area contributed by atoms with E-state index < -0.39 is 10.9 Å². The summed E-state index contributed by atoms with van der Waals surface area (Å²) in [6.07, 6.45) is 9.49. The van der Waals surface area contributed by atoms with Crippen LogP contribution in [0.2, 0.25) is 0 Å². The maximum Gasteiger partial charge on any atom is 0.275 e. The summed E-state index contributed by atoms with van der Waals surface area (Å²) >= 11 is 0. The molecule has 1 aromatic rings. The zero-order valence-corrected chi connectivity index (χ0v) is 15.0. The van der Waals surface area contributed by atoms with Crippen LogP contribution < -0.4 is 20.3 Å². The quantitative estimate of drug-likeness (QED) is 0.745. The van der Waals surface area contributed by atoms with Crippen molar-refractivity contribution in [3.8, 4) is 11.5 Å². The Morgan fingerprint density at radius 3 is 1.33 bits per heavy atom. The summed E-state index contributed by atoms with van der Waals surface area (Å²) in [7, 11) is 0. The second kappa shape index (κ2) is 7.71. The van der Waals surface area contributed by atoms with E-state index in [2.05, 4.69) is 13.8 Å². The van der Waals surface area contributed by atoms with Gasteiger partial charge in [0.2, 0.25) is 11.5 Å². The first kappa shape index (κ1) is 17.5. The molecule has 0 N–H and O–H groups in total. The van der Waals surface area contributed by atoms with Crippen molar-refractivity contribution >= 4 is 0 Å². The van der Waals surface area contributed by atoms with E-state index in [1.165, 1.54) is 25.7 Å². The first-order chi connectivity index (χ1) is 11.5. The molecule has 2 aliphatic carbocycles. The van der Waals surface area contributed by atoms with Gasteiger partial charge in [0.15, 0.2) is 0 Å². The van der Waals surface area contributed by atoms with Crippen LogP contribution in [0.15, 0.2) is 9.59 Å². The van der Waals surface area contributed by atoms with Crippen molar-refractivity contribution in [3.05, 3.63) is 20.4 Å². The van der Waals surface area contributed by atoms with Crippen LogP contribution >= 0.6 is 0 Å². The molecule has 2 saturated carbocycles. The molecule has 4 nitrogen and oxygen atoms in total. The van der Waals surface area contributed by atoms with Crippen LogP contribution in [0.1, 0.15) is 65.2 Å². The Morgan fingerprint density at radius 1 is 0.667 bits per heavy atom. The van der Waals surface area contributed by atoms with Gasteiger partial charge in [-0.1, -0.05) is 39.5 Å². The molecule has 2 fully saturated rings. The molecular formula is C20H30O4. The van der Waals surface area contributed by atoms with Crippen molar-refractivity contribution in [1.82, 2.24) is 0 Å². The highest BCUT2D eigenvalue weighted by atomic mass is 16.5. The molecule has 0 aromatic heterocycles. The molecule has 3 rings (SSSR count). The summed E-state index contributed by atoms with van der Waals surface area (Å²) in [6, 6.07) is 0. The summed E-state index contributed by atoms with van der Waals surface area (Å²) in [5, 5.41) is 0. The standard InChI is InChI=1S/C20H30O4/c1-13-3-7-15(8-4-13)11-23-19-17(21)18(22)20(19)24-12-16-9-5-14(2)6-10-16/h13-16H,3-12H2,1-2H3. The van der Waals surface area contributed by atoms with Gasteiger partial charge in [-0.25, -0.2) is 0 Å². The largest absolute Gasteiger partial charge is 0.486 e. The predicted octanol–water partition coefficient (Wildman–Crippen LogP) is 3.69. The molecule has 134 valence electrons. The van der Waals surface area contributed by atoms with Crippen molar-refractivity contribution in [2.45, 2.75) is 65.2 Å². The average Bonchev–Trinajstić information content (AvgIpc) is 2.60. The second-order valence-electron chi connectivity index (χ2n) is 8.19. The Hall–Kier alpha value is -1.32. The van der Waals surface area contributed by atoms with Gasteiger partial charge in [-0.3, -0.25) is 9.59 Å². The molecule has 1 aromatic carbocycles. The molecule has 24 heavy (non-hydrogen) atoms. The van der Waals surface area contributed by atoms with Crippen molar-refractivity contribution in [2.24, 2.45) is 23.7 Å². The number of hydrogen-bond donors (Lipinski definition) is 0. The van der Waals surface area contributed by atoms with E-state index in [-0.39, 0.29) is 11.5 Å². The first-order valence-corrected chi connectivity index (χ1v) is 9.63. The molecule has 0 spiro atoms. The topological polar surface area (TPSA) is 52.6 Å². The van der Waals surface area contributed by atoms with E-state index in [0.29, 0.717) is 25.0 Å². The van der Waals surface area contributed by atoms with Crippen molar-refractivity contribution in [1.29, 1.82) is 0 Å². The smallest absolute Gasteiger partial charge is 0.275 e. The Balaban J connectivity index is 1.49. The lowest BCUT2D eigenvalue weighted by molar-refractivity contribution is 0.159. The fraction of sp³-hybridized carbons (Fsp3) is 0.800. The Kier molecular flexibility index (Phi) is 5.62. The fourth-order valence-electron chi connectivity index (χ4n) is 4.01. The molecule has 0 atom stereocenters. The van der Waals surface area contributed by atoms with Crippen LogP contribution in [0.3, 0.4) is 0 Å². The highest BCUT2D eigenvalue weighted by molar-refractivity contribution is 5.45. The van der Waals surface area contributed by atoms with Gasteiger partial charge in [0.1, 0.15) is 0 Å². The Bertz CT molecular complexity index is 544. The van der Waals surface area contributed by atoms with Gasteiger partial charge < -0.3 is 9.47 Å². The third-order valence-corrected chi connectivity index (χ3v) is 6.02. The summed E-state index contributed by atoms with van der Waals surface area (Å²) in [4.78, 5) is 23.6. The third-order valence-electron chi connectivity index (χ3n) is 6.02. The molecule has 0 radical (unpaired) electrons. The van der Waals surface area contributed by atoms with E-state index in [1.54, 1.807) is 0 Å². The fourth-order valence-corrected chi connectivity index (χ4v) is 4.01. The summed E-state index contributed by atoms with van der Waals surface area (Å²) in [5.41, 5.74) is -1.02. The van der Waals surface area contributed by atoms with E-state index in [4.69, 9.17) is 9.47 Å². The zero-order chi connectivity index (χ0) is 17.1. The van der Waals surface area contributed by atoms with E-state index in [9.17, 15) is 9.59 Å². The predicted molar refractivity (Wildman–Crippen MR) is 94.6 cm³/mol. The summed E-state index contributed by atoms with van der Waals surface area (Å²) < 4.78 is 11.4. The first-order valence-electron chi connectivity index (χ1n) is 9.63. The van der Waals surface area contributed by atoms with E-state index >= 15 is 0 Å². The lowest BCUT2D eigenvalue weighted by atomic mass is 9.83. The van der Waals surface area contributed by atoms with Crippen molar-refractivity contribution in [3.63, 3.8) is 0 Å². The Labute approximate surface area is 144 Å². The van der Waals surface area contributed by atoms with E-state index in [0.717, 1.165) is 37.5 Å². The van der Waals surface area contributed by atoms with E-state index in [1.807, 2.05) is 0 Å². The van der Waals surface area contributed by atoms with Crippen molar-refractivity contribution < 1.29 is 9.47 Å². The SMILES string of the molecule is CC1CCC(COc2c(OCC3CCC(C)CC3)c(=O)c2=O)CC1. The molecule has 0 bridgehead atoms. The van der Waals surface area contributed by atoms with Crippen LogP contribution in [0, 0.1) is 23.7 Å². The average molecular weight is 334 g/mol. The lowest BCUT2D eigenvalue weighted by Gasteiger charge is -2.27. The maximum absolute atomic E-state index is 11.8. The zero-order valence-electron chi connectivity index (χ0n) is 15.0. The monoisotopic (exact) mass is 334 g/mol. The van der Waals surface area contributed by atoms with Gasteiger partial charge in [-0.15, -0.1) is 0 Å². The molecule has 0 saturated heterocycles. The van der Waals surface area contributed by atoms with Gasteiger partial charge >= 0.3 is 0 Å². The summed E-state index contributed by atoms with van der Waals surface area (Å²) in [6.45, 7) is 5.64. The minimum absolute atomic E-state index is 0.183. The van der Waals surface area contributed by atoms with Gasteiger partial charge in [0.05, 0.1) is 13.2 Å². The minimum atomic E-state index is -0.508. The molecule has 0 amide bonds. The minimum Gasteiger partial charge on any atom is -0.486 e. The molecule has 0 unspecified atom stereocenters. The van der Waals surface area contributed by atoms with Gasteiger partial charge in [-0.05, 0) is 49.4 Å². The Morgan fingerprint density at radius 2 is 1.00 bits per heavy atom. The number of hydrogen-bond acceptors (Lipinski definition) is 4. The maximum atomic E-state index is 11.8. The van der Waals surface area contributed by atoms with Crippen LogP contribution in [-0.4, -0.2) is 13.2 Å². The van der Waals surface area contributed by atoms with Gasteiger partial charge in [0, 0.05) is 0 Å². The van der Waals surface area contributed by atoms with Crippen LogP contribution in [0.5, 0.6) is 11.5 Å². The third kappa shape index (κ3) is 4.01. The van der Waals surface area contributed by atoms with Crippen LogP contribution in [-0.2, 0) is 0 Å². The number of rotatable bonds is 6. The lowest BCUT2D eigenvalue weighted by Crippen LogP contribution is -2.36.